The van der Waals surface area contributed by atoms with Crippen LogP contribution in [0.4, 0.5) is 16.0 Å². The lowest BCUT2D eigenvalue weighted by Crippen LogP contribution is -2.56. The topological polar surface area (TPSA) is 83.5 Å². The van der Waals surface area contributed by atoms with E-state index in [0.29, 0.717) is 43.1 Å². The maximum absolute atomic E-state index is 13.9. The minimum absolute atomic E-state index is 0.0718. The summed E-state index contributed by atoms with van der Waals surface area (Å²) in [4.78, 5) is 23.3. The van der Waals surface area contributed by atoms with Crippen LogP contribution in [0.15, 0.2) is 35.5 Å². The zero-order valence-corrected chi connectivity index (χ0v) is 16.9. The van der Waals surface area contributed by atoms with Gasteiger partial charge >= 0.3 is 0 Å². The number of aldehydes is 1. The first kappa shape index (κ1) is 20.2. The average molecular weight is 406 g/mol. The molecule has 1 aromatic heterocycles. The fourth-order valence-electron chi connectivity index (χ4n) is 3.38. The van der Waals surface area contributed by atoms with Gasteiger partial charge in [-0.2, -0.15) is 0 Å². The number of piperazine rings is 1. The molecule has 1 aliphatic rings. The second-order valence-corrected chi connectivity index (χ2v) is 9.26. The van der Waals surface area contributed by atoms with E-state index in [1.807, 2.05) is 0 Å². The number of benzene rings is 1. The van der Waals surface area contributed by atoms with Crippen molar-refractivity contribution in [2.45, 2.75) is 24.8 Å². The SMILES string of the molecule is CC(C)C1CN(c2ccc(F)c(S(C)(=O)=O)c2)CCN1c1ncc(C=O)cn1. The van der Waals surface area contributed by atoms with Crippen LogP contribution < -0.4 is 9.80 Å². The summed E-state index contributed by atoms with van der Waals surface area (Å²) in [6.07, 6.45) is 4.70. The molecule has 0 spiro atoms. The van der Waals surface area contributed by atoms with Gasteiger partial charge in [0.1, 0.15) is 10.7 Å². The summed E-state index contributed by atoms with van der Waals surface area (Å²) in [6, 6.07) is 4.27. The molecule has 9 heteroatoms. The van der Waals surface area contributed by atoms with Crippen molar-refractivity contribution in [1.82, 2.24) is 9.97 Å². The van der Waals surface area contributed by atoms with Gasteiger partial charge < -0.3 is 9.80 Å². The van der Waals surface area contributed by atoms with Crippen molar-refractivity contribution < 1.29 is 17.6 Å². The monoisotopic (exact) mass is 406 g/mol. The molecule has 0 bridgehead atoms. The van der Waals surface area contributed by atoms with Gasteiger partial charge in [-0.3, -0.25) is 4.79 Å². The molecule has 28 heavy (non-hydrogen) atoms. The van der Waals surface area contributed by atoms with Crippen LogP contribution in [-0.2, 0) is 9.84 Å². The van der Waals surface area contributed by atoms with E-state index < -0.39 is 15.7 Å². The number of carbonyl (C=O) groups excluding carboxylic acids is 1. The highest BCUT2D eigenvalue weighted by Gasteiger charge is 2.31. The highest BCUT2D eigenvalue weighted by atomic mass is 32.2. The molecule has 1 fully saturated rings. The lowest BCUT2D eigenvalue weighted by Gasteiger charge is -2.44. The van der Waals surface area contributed by atoms with Gasteiger partial charge in [-0.1, -0.05) is 13.8 Å². The average Bonchev–Trinajstić information content (AvgIpc) is 2.67. The molecule has 1 saturated heterocycles. The Labute approximate surface area is 164 Å². The molecule has 0 saturated carbocycles. The Morgan fingerprint density at radius 3 is 2.46 bits per heavy atom. The van der Waals surface area contributed by atoms with Crippen molar-refractivity contribution in [2.75, 3.05) is 35.7 Å². The standard InChI is InChI=1S/C19H23FN4O3S/c1-13(2)17-11-23(15-4-5-16(20)18(8-15)28(3,26)27)6-7-24(17)19-21-9-14(12-25)10-22-19/h4-5,8-10,12-13,17H,6-7,11H2,1-3H3. The molecule has 2 aromatic rings. The summed E-state index contributed by atoms with van der Waals surface area (Å²) in [5.41, 5.74) is 1.09. The molecule has 0 N–H and O–H groups in total. The number of sulfone groups is 1. The molecule has 0 aliphatic carbocycles. The van der Waals surface area contributed by atoms with E-state index in [2.05, 4.69) is 33.6 Å². The number of hydrogen-bond donors (Lipinski definition) is 0. The van der Waals surface area contributed by atoms with Crippen LogP contribution >= 0.6 is 0 Å². The van der Waals surface area contributed by atoms with Crippen molar-refractivity contribution in [2.24, 2.45) is 5.92 Å². The van der Waals surface area contributed by atoms with Crippen molar-refractivity contribution in [1.29, 1.82) is 0 Å². The van der Waals surface area contributed by atoms with Gasteiger partial charge in [-0.15, -0.1) is 0 Å². The summed E-state index contributed by atoms with van der Waals surface area (Å²) in [5.74, 6) is 0.0841. The second kappa shape index (κ2) is 7.83. The Hall–Kier alpha value is -2.55. The third kappa shape index (κ3) is 4.14. The highest BCUT2D eigenvalue weighted by Crippen LogP contribution is 2.28. The Morgan fingerprint density at radius 1 is 1.21 bits per heavy atom. The summed E-state index contributed by atoms with van der Waals surface area (Å²) >= 11 is 0. The van der Waals surface area contributed by atoms with E-state index in [4.69, 9.17) is 0 Å². The maximum atomic E-state index is 13.9. The molecule has 0 amide bonds. The van der Waals surface area contributed by atoms with Crippen LogP contribution in [0, 0.1) is 11.7 Å². The molecular weight excluding hydrogens is 383 g/mol. The Morgan fingerprint density at radius 2 is 1.89 bits per heavy atom. The Kier molecular flexibility index (Phi) is 5.64. The number of halogens is 1. The van der Waals surface area contributed by atoms with E-state index in [-0.39, 0.29) is 16.9 Å². The summed E-state index contributed by atoms with van der Waals surface area (Å²) in [5, 5.41) is 0. The normalized spacial score (nSPS) is 17.8. The molecular formula is C19H23FN4O3S. The van der Waals surface area contributed by atoms with Crippen molar-refractivity contribution >= 4 is 27.8 Å². The molecule has 1 unspecified atom stereocenters. The third-order valence-electron chi connectivity index (χ3n) is 4.92. The van der Waals surface area contributed by atoms with Crippen LogP contribution in [0.2, 0.25) is 0 Å². The van der Waals surface area contributed by atoms with Crippen LogP contribution in [0.3, 0.4) is 0 Å². The molecule has 1 aliphatic heterocycles. The first-order valence-corrected chi connectivity index (χ1v) is 10.9. The second-order valence-electron chi connectivity index (χ2n) is 7.27. The van der Waals surface area contributed by atoms with Crippen molar-refractivity contribution in [3.05, 3.63) is 42.0 Å². The van der Waals surface area contributed by atoms with Gasteiger partial charge in [0.25, 0.3) is 0 Å². The van der Waals surface area contributed by atoms with Gasteiger partial charge in [-0.25, -0.2) is 22.8 Å². The maximum Gasteiger partial charge on any atom is 0.225 e. The van der Waals surface area contributed by atoms with E-state index in [1.165, 1.54) is 24.5 Å². The molecule has 2 heterocycles. The number of aromatic nitrogens is 2. The number of nitrogens with zero attached hydrogens (tertiary/aromatic N) is 4. The quantitative estimate of drug-likeness (QED) is 0.704. The minimum atomic E-state index is -3.65. The molecule has 1 aromatic carbocycles. The van der Waals surface area contributed by atoms with Crippen LogP contribution in [0.1, 0.15) is 24.2 Å². The van der Waals surface area contributed by atoms with E-state index in [9.17, 15) is 17.6 Å². The van der Waals surface area contributed by atoms with Gasteiger partial charge in [0.15, 0.2) is 16.1 Å². The first-order chi connectivity index (χ1) is 13.2. The fourth-order valence-corrected chi connectivity index (χ4v) is 4.13. The number of rotatable bonds is 5. The molecule has 7 nitrogen and oxygen atoms in total. The number of carbonyl (C=O) groups is 1. The van der Waals surface area contributed by atoms with Crippen LogP contribution in [0.25, 0.3) is 0 Å². The van der Waals surface area contributed by atoms with E-state index in [0.717, 1.165) is 6.26 Å². The lowest BCUT2D eigenvalue weighted by atomic mass is 9.99. The third-order valence-corrected chi connectivity index (χ3v) is 6.03. The smallest absolute Gasteiger partial charge is 0.225 e. The molecule has 0 radical (unpaired) electrons. The zero-order valence-electron chi connectivity index (χ0n) is 16.0. The summed E-state index contributed by atoms with van der Waals surface area (Å²) in [7, 11) is -3.65. The molecule has 3 rings (SSSR count). The van der Waals surface area contributed by atoms with Gasteiger partial charge in [-0.05, 0) is 24.1 Å². The summed E-state index contributed by atoms with van der Waals surface area (Å²) < 4.78 is 37.6. The van der Waals surface area contributed by atoms with Crippen LogP contribution in [-0.4, -0.2) is 56.6 Å². The van der Waals surface area contributed by atoms with Crippen molar-refractivity contribution in [3.63, 3.8) is 0 Å². The van der Waals surface area contributed by atoms with Gasteiger partial charge in [0.2, 0.25) is 5.95 Å². The van der Waals surface area contributed by atoms with Crippen molar-refractivity contribution in [3.8, 4) is 0 Å². The van der Waals surface area contributed by atoms with E-state index >= 15 is 0 Å². The Balaban J connectivity index is 1.87. The highest BCUT2D eigenvalue weighted by molar-refractivity contribution is 7.90. The zero-order chi connectivity index (χ0) is 20.5. The number of hydrogen-bond acceptors (Lipinski definition) is 7. The van der Waals surface area contributed by atoms with E-state index in [1.54, 1.807) is 6.07 Å². The van der Waals surface area contributed by atoms with Gasteiger partial charge in [0.05, 0.1) is 11.6 Å². The molecule has 1 atom stereocenters. The lowest BCUT2D eigenvalue weighted by molar-refractivity contribution is 0.112. The summed E-state index contributed by atoms with van der Waals surface area (Å²) in [6.45, 7) is 6.03. The first-order valence-electron chi connectivity index (χ1n) is 8.99. The predicted octanol–water partition coefficient (Wildman–Crippen LogP) is 2.18. The Bertz CT molecular complexity index is 964. The minimum Gasteiger partial charge on any atom is -0.368 e. The number of anilines is 2. The predicted molar refractivity (Wildman–Crippen MR) is 105 cm³/mol. The van der Waals surface area contributed by atoms with Gasteiger partial charge in [0, 0.05) is 44.0 Å². The van der Waals surface area contributed by atoms with Crippen LogP contribution in [0.5, 0.6) is 0 Å². The largest absolute Gasteiger partial charge is 0.368 e. The molecule has 150 valence electrons. The fraction of sp³-hybridized carbons (Fsp3) is 0.421.